The normalized spacial score (nSPS) is 13.7. The molecule has 0 saturated carbocycles. The number of nitrogens with one attached hydrogen (secondary N) is 5. The highest BCUT2D eigenvalue weighted by Crippen LogP contribution is 2.21. The molecule has 4 unspecified atom stereocenters. The monoisotopic (exact) mass is 665 g/mol. The molecule has 0 radical (unpaired) electrons. The molecule has 13 nitrogen and oxygen atoms in total. The Hall–Kier alpha value is -5.95. The molecule has 13 heteroatoms. The minimum absolute atomic E-state index is 0.000469. The number of aliphatic carboxylic acids is 1. The molecule has 0 aliphatic carbocycles. The number of aromatic amines is 2. The van der Waals surface area contributed by atoms with Gasteiger partial charge in [-0.25, -0.2) is 4.79 Å². The van der Waals surface area contributed by atoms with Gasteiger partial charge in [0, 0.05) is 59.9 Å². The number of hydrogen-bond acceptors (Lipinski definition) is 6. The van der Waals surface area contributed by atoms with Crippen molar-refractivity contribution in [3.63, 3.8) is 0 Å². The predicted octanol–water partition coefficient (Wildman–Crippen LogP) is 1.81. The van der Waals surface area contributed by atoms with Crippen molar-refractivity contribution >= 4 is 51.4 Å². The Kier molecular flexibility index (Phi) is 11.1. The number of aromatic nitrogens is 2. The quantitative estimate of drug-likeness (QED) is 0.0779. The lowest BCUT2D eigenvalue weighted by molar-refractivity contribution is -0.142. The molecule has 10 N–H and O–H groups in total. The van der Waals surface area contributed by atoms with Crippen LogP contribution in [0.1, 0.15) is 29.5 Å². The molecule has 0 bridgehead atoms. The van der Waals surface area contributed by atoms with Crippen molar-refractivity contribution in [2.75, 3.05) is 0 Å². The number of carbonyl (C=O) groups excluding carboxylic acids is 4. The van der Waals surface area contributed by atoms with Crippen LogP contribution in [0.2, 0.25) is 0 Å². The Morgan fingerprint density at radius 2 is 1.10 bits per heavy atom. The maximum absolute atomic E-state index is 14.0. The fourth-order valence-electron chi connectivity index (χ4n) is 5.76. The van der Waals surface area contributed by atoms with Crippen LogP contribution in [0.15, 0.2) is 91.3 Å². The number of fused-ring (bicyclic) bond motifs is 2. The van der Waals surface area contributed by atoms with Gasteiger partial charge < -0.3 is 42.5 Å². The van der Waals surface area contributed by atoms with Gasteiger partial charge in [-0.15, -0.1) is 0 Å². The Bertz CT molecular complexity index is 1950. The molecule has 0 aliphatic heterocycles. The second-order valence-electron chi connectivity index (χ2n) is 12.0. The molecular weight excluding hydrogens is 626 g/mol. The van der Waals surface area contributed by atoms with Gasteiger partial charge >= 0.3 is 5.97 Å². The first kappa shape index (κ1) is 34.4. The highest BCUT2D eigenvalue weighted by molar-refractivity contribution is 5.95. The molecule has 3 aromatic carbocycles. The fourth-order valence-corrected chi connectivity index (χ4v) is 5.76. The largest absolute Gasteiger partial charge is 0.480 e. The first-order chi connectivity index (χ1) is 23.6. The number of benzene rings is 3. The van der Waals surface area contributed by atoms with Crippen LogP contribution in [0.5, 0.6) is 0 Å². The average molecular weight is 666 g/mol. The Labute approximate surface area is 281 Å². The van der Waals surface area contributed by atoms with E-state index in [0.29, 0.717) is 5.56 Å². The summed E-state index contributed by atoms with van der Waals surface area (Å²) in [7, 11) is 0. The second kappa shape index (κ2) is 15.8. The summed E-state index contributed by atoms with van der Waals surface area (Å²) < 4.78 is 0. The van der Waals surface area contributed by atoms with E-state index in [1.54, 1.807) is 36.7 Å². The van der Waals surface area contributed by atoms with Crippen LogP contribution in [0.25, 0.3) is 21.8 Å². The van der Waals surface area contributed by atoms with Crippen molar-refractivity contribution in [2.24, 2.45) is 11.5 Å². The summed E-state index contributed by atoms with van der Waals surface area (Å²) in [4.78, 5) is 70.9. The second-order valence-corrected chi connectivity index (χ2v) is 12.0. The van der Waals surface area contributed by atoms with E-state index >= 15 is 0 Å². The molecule has 5 rings (SSSR count). The van der Waals surface area contributed by atoms with Crippen molar-refractivity contribution in [1.82, 2.24) is 25.9 Å². The molecule has 0 saturated heterocycles. The van der Waals surface area contributed by atoms with Crippen LogP contribution in [0, 0.1) is 0 Å². The standard InChI is InChI=1S/C36H39N7O6/c37-26(14-15-32(38)44)33(45)41-30(17-22-19-39-27-12-6-4-10-24(22)27)35(47)42-29(16-21-8-2-1-3-9-21)34(46)43-31(36(48)49)18-23-20-40-28-13-7-5-11-25(23)28/h1-13,19-20,26,29-31,39-40H,14-18,37H2,(H2,38,44)(H,41,45)(H,42,47)(H,43,46)(H,48,49). The smallest absolute Gasteiger partial charge is 0.326 e. The number of amides is 4. The Morgan fingerprint density at radius 3 is 1.65 bits per heavy atom. The van der Waals surface area contributed by atoms with Gasteiger partial charge in [0.1, 0.15) is 18.1 Å². The van der Waals surface area contributed by atoms with Gasteiger partial charge in [0.25, 0.3) is 0 Å². The summed E-state index contributed by atoms with van der Waals surface area (Å²) in [6, 6.07) is 19.1. The fraction of sp³-hybridized carbons (Fsp3) is 0.250. The zero-order chi connectivity index (χ0) is 34.9. The number of rotatable bonds is 16. The van der Waals surface area contributed by atoms with E-state index in [-0.39, 0.29) is 32.1 Å². The minimum atomic E-state index is -1.30. The van der Waals surface area contributed by atoms with Crippen molar-refractivity contribution in [2.45, 2.75) is 56.3 Å². The van der Waals surface area contributed by atoms with Gasteiger partial charge in [-0.05, 0) is 35.2 Å². The van der Waals surface area contributed by atoms with Crippen LogP contribution < -0.4 is 27.4 Å². The molecule has 2 heterocycles. The first-order valence-corrected chi connectivity index (χ1v) is 15.9. The number of carbonyl (C=O) groups is 5. The zero-order valence-corrected chi connectivity index (χ0v) is 26.6. The Balaban J connectivity index is 1.39. The maximum Gasteiger partial charge on any atom is 0.326 e. The molecule has 0 aliphatic rings. The van der Waals surface area contributed by atoms with E-state index in [0.717, 1.165) is 32.9 Å². The van der Waals surface area contributed by atoms with Crippen molar-refractivity contribution in [3.05, 3.63) is 108 Å². The summed E-state index contributed by atoms with van der Waals surface area (Å²) in [5.41, 5.74) is 15.1. The third-order valence-corrected chi connectivity index (χ3v) is 8.40. The van der Waals surface area contributed by atoms with E-state index in [9.17, 15) is 29.1 Å². The average Bonchev–Trinajstić information content (AvgIpc) is 3.70. The number of nitrogens with two attached hydrogens (primary N) is 2. The third-order valence-electron chi connectivity index (χ3n) is 8.40. The predicted molar refractivity (Wildman–Crippen MR) is 184 cm³/mol. The first-order valence-electron chi connectivity index (χ1n) is 15.9. The van der Waals surface area contributed by atoms with Crippen molar-refractivity contribution in [1.29, 1.82) is 0 Å². The Morgan fingerprint density at radius 1 is 0.633 bits per heavy atom. The molecule has 0 fully saturated rings. The molecule has 2 aromatic heterocycles. The number of hydrogen-bond donors (Lipinski definition) is 8. The number of primary amides is 1. The van der Waals surface area contributed by atoms with Crippen LogP contribution in [-0.2, 0) is 43.2 Å². The van der Waals surface area contributed by atoms with E-state index < -0.39 is 53.8 Å². The maximum atomic E-state index is 14.0. The summed E-state index contributed by atoms with van der Waals surface area (Å²) in [6.07, 6.45) is 3.40. The lowest BCUT2D eigenvalue weighted by Crippen LogP contribution is -2.58. The van der Waals surface area contributed by atoms with Crippen LogP contribution in [0.3, 0.4) is 0 Å². The van der Waals surface area contributed by atoms with Gasteiger partial charge in [-0.2, -0.15) is 0 Å². The SMILES string of the molecule is NC(=O)CCC(N)C(=O)NC(Cc1c[nH]c2ccccc12)C(=O)NC(Cc1ccccc1)C(=O)NC(Cc1c[nH]c2ccccc12)C(=O)O. The van der Waals surface area contributed by atoms with E-state index in [1.807, 2.05) is 54.6 Å². The summed E-state index contributed by atoms with van der Waals surface area (Å²) >= 11 is 0. The van der Waals surface area contributed by atoms with Crippen LogP contribution in [0.4, 0.5) is 0 Å². The van der Waals surface area contributed by atoms with Crippen molar-refractivity contribution in [3.8, 4) is 0 Å². The van der Waals surface area contributed by atoms with Crippen LogP contribution in [-0.4, -0.2) is 68.8 Å². The van der Waals surface area contributed by atoms with Gasteiger partial charge in [0.15, 0.2) is 0 Å². The minimum Gasteiger partial charge on any atom is -0.480 e. The number of carboxylic acids is 1. The molecule has 0 spiro atoms. The van der Waals surface area contributed by atoms with E-state index in [2.05, 4.69) is 25.9 Å². The lowest BCUT2D eigenvalue weighted by atomic mass is 10.0. The topological polar surface area (TPSA) is 225 Å². The number of para-hydroxylation sites is 2. The number of H-pyrrole nitrogens is 2. The van der Waals surface area contributed by atoms with Crippen LogP contribution >= 0.6 is 0 Å². The summed E-state index contributed by atoms with van der Waals surface area (Å²) in [5, 5.41) is 19.8. The molecule has 4 atom stereocenters. The summed E-state index contributed by atoms with van der Waals surface area (Å²) in [6.45, 7) is 0. The lowest BCUT2D eigenvalue weighted by Gasteiger charge is -2.25. The molecular formula is C36H39N7O6. The zero-order valence-electron chi connectivity index (χ0n) is 26.6. The van der Waals surface area contributed by atoms with Gasteiger partial charge in [-0.3, -0.25) is 19.2 Å². The summed E-state index contributed by atoms with van der Waals surface area (Å²) in [5.74, 6) is -3.91. The third kappa shape index (κ3) is 8.90. The number of carboxylic acid groups (broad SMARTS) is 1. The van der Waals surface area contributed by atoms with Gasteiger partial charge in [0.05, 0.1) is 6.04 Å². The molecule has 254 valence electrons. The highest BCUT2D eigenvalue weighted by atomic mass is 16.4. The van der Waals surface area contributed by atoms with Gasteiger partial charge in [0.2, 0.25) is 23.6 Å². The molecule has 5 aromatic rings. The van der Waals surface area contributed by atoms with Gasteiger partial charge in [-0.1, -0.05) is 66.7 Å². The van der Waals surface area contributed by atoms with E-state index in [4.69, 9.17) is 11.5 Å². The highest BCUT2D eigenvalue weighted by Gasteiger charge is 2.31. The van der Waals surface area contributed by atoms with Crippen molar-refractivity contribution < 1.29 is 29.1 Å². The molecule has 49 heavy (non-hydrogen) atoms. The molecule has 4 amide bonds. The van der Waals surface area contributed by atoms with E-state index in [1.165, 1.54) is 0 Å².